The summed E-state index contributed by atoms with van der Waals surface area (Å²) in [6.07, 6.45) is 4.03. The van der Waals surface area contributed by atoms with E-state index < -0.39 is 0 Å². The van der Waals surface area contributed by atoms with E-state index in [2.05, 4.69) is 47.1 Å². The zero-order chi connectivity index (χ0) is 16.2. The summed E-state index contributed by atoms with van der Waals surface area (Å²) >= 11 is 0. The first-order valence-electron chi connectivity index (χ1n) is 8.95. The topological polar surface area (TPSA) is 49.6 Å². The minimum Gasteiger partial charge on any atom is -0.337 e. The molecule has 3 atom stereocenters. The Labute approximate surface area is 139 Å². The number of carbonyl (C=O) groups excluding carboxylic acids is 1. The van der Waals surface area contributed by atoms with Gasteiger partial charge < -0.3 is 10.6 Å². The van der Waals surface area contributed by atoms with Crippen LogP contribution in [-0.2, 0) is 11.3 Å². The molecule has 23 heavy (non-hydrogen) atoms. The van der Waals surface area contributed by atoms with Crippen molar-refractivity contribution in [3.8, 4) is 0 Å². The fraction of sp³-hybridized carbons (Fsp3) is 0.632. The largest absolute Gasteiger partial charge is 0.337 e. The summed E-state index contributed by atoms with van der Waals surface area (Å²) in [5.74, 6) is 0.705. The van der Waals surface area contributed by atoms with Gasteiger partial charge >= 0.3 is 0 Å². The number of amides is 1. The van der Waals surface area contributed by atoms with Gasteiger partial charge in [-0.1, -0.05) is 36.8 Å². The lowest BCUT2D eigenvalue weighted by molar-refractivity contribution is -0.136. The van der Waals surface area contributed by atoms with Crippen molar-refractivity contribution in [3.05, 3.63) is 35.9 Å². The van der Waals surface area contributed by atoms with Gasteiger partial charge in [-0.3, -0.25) is 9.69 Å². The van der Waals surface area contributed by atoms with Crippen LogP contribution in [0.15, 0.2) is 30.3 Å². The first-order chi connectivity index (χ1) is 11.1. The number of hydrogen-bond donors (Lipinski definition) is 1. The molecule has 1 amide bonds. The van der Waals surface area contributed by atoms with Crippen LogP contribution in [0.1, 0.15) is 38.2 Å². The number of piperazine rings is 1. The normalized spacial score (nSPS) is 29.0. The molecule has 1 saturated carbocycles. The van der Waals surface area contributed by atoms with E-state index in [0.29, 0.717) is 18.2 Å². The summed E-state index contributed by atoms with van der Waals surface area (Å²) in [7, 11) is 0. The summed E-state index contributed by atoms with van der Waals surface area (Å²) in [6, 6.07) is 11.1. The monoisotopic (exact) mass is 315 g/mol. The third kappa shape index (κ3) is 4.12. The number of benzene rings is 1. The van der Waals surface area contributed by atoms with Crippen LogP contribution < -0.4 is 5.73 Å². The first-order valence-corrected chi connectivity index (χ1v) is 8.95. The fourth-order valence-electron chi connectivity index (χ4n) is 4.05. The van der Waals surface area contributed by atoms with Gasteiger partial charge in [-0.2, -0.15) is 0 Å². The van der Waals surface area contributed by atoms with Crippen LogP contribution >= 0.6 is 0 Å². The van der Waals surface area contributed by atoms with Crippen LogP contribution in [-0.4, -0.2) is 47.4 Å². The Bertz CT molecular complexity index is 519. The van der Waals surface area contributed by atoms with Crippen molar-refractivity contribution in [1.82, 2.24) is 9.80 Å². The Morgan fingerprint density at radius 3 is 2.65 bits per heavy atom. The maximum atomic E-state index is 12.6. The van der Waals surface area contributed by atoms with Gasteiger partial charge in [0, 0.05) is 44.7 Å². The molecule has 1 saturated heterocycles. The van der Waals surface area contributed by atoms with Gasteiger partial charge in [-0.05, 0) is 31.2 Å². The average Bonchev–Trinajstić information content (AvgIpc) is 2.93. The molecule has 2 N–H and O–H groups in total. The van der Waals surface area contributed by atoms with E-state index in [1.54, 1.807) is 0 Å². The molecule has 4 nitrogen and oxygen atoms in total. The molecular weight excluding hydrogens is 286 g/mol. The van der Waals surface area contributed by atoms with Gasteiger partial charge in [0.05, 0.1) is 0 Å². The van der Waals surface area contributed by atoms with Crippen molar-refractivity contribution in [2.24, 2.45) is 11.7 Å². The molecule has 1 aliphatic heterocycles. The zero-order valence-electron chi connectivity index (χ0n) is 14.2. The van der Waals surface area contributed by atoms with Crippen molar-refractivity contribution in [3.63, 3.8) is 0 Å². The second kappa shape index (κ2) is 7.45. The molecule has 2 aliphatic rings. The molecular formula is C19H29N3O. The second-order valence-corrected chi connectivity index (χ2v) is 7.22. The molecule has 3 rings (SSSR count). The van der Waals surface area contributed by atoms with E-state index in [-0.39, 0.29) is 12.1 Å². The molecule has 4 heteroatoms. The molecule has 1 heterocycles. The number of nitrogens with zero attached hydrogens (tertiary/aromatic N) is 2. The van der Waals surface area contributed by atoms with Crippen LogP contribution in [0.25, 0.3) is 0 Å². The summed E-state index contributed by atoms with van der Waals surface area (Å²) in [5, 5.41) is 0. The summed E-state index contributed by atoms with van der Waals surface area (Å²) in [4.78, 5) is 17.2. The van der Waals surface area contributed by atoms with E-state index in [1.165, 1.54) is 12.0 Å². The van der Waals surface area contributed by atoms with Gasteiger partial charge in [0.15, 0.2) is 0 Å². The lowest BCUT2D eigenvalue weighted by atomic mass is 9.98. The smallest absolute Gasteiger partial charge is 0.223 e. The van der Waals surface area contributed by atoms with E-state index in [0.717, 1.165) is 39.0 Å². The van der Waals surface area contributed by atoms with Crippen molar-refractivity contribution in [2.75, 3.05) is 19.6 Å². The van der Waals surface area contributed by atoms with Gasteiger partial charge in [-0.15, -0.1) is 0 Å². The molecule has 0 radical (unpaired) electrons. The summed E-state index contributed by atoms with van der Waals surface area (Å²) < 4.78 is 0. The van der Waals surface area contributed by atoms with Crippen LogP contribution in [0.2, 0.25) is 0 Å². The highest BCUT2D eigenvalue weighted by Gasteiger charge is 2.31. The lowest BCUT2D eigenvalue weighted by Crippen LogP contribution is -2.54. The maximum Gasteiger partial charge on any atom is 0.223 e. The van der Waals surface area contributed by atoms with E-state index in [1.807, 2.05) is 0 Å². The fourth-order valence-corrected chi connectivity index (χ4v) is 4.05. The van der Waals surface area contributed by atoms with Crippen molar-refractivity contribution < 1.29 is 4.79 Å². The molecule has 2 fully saturated rings. The molecule has 0 spiro atoms. The van der Waals surface area contributed by atoms with Gasteiger partial charge in [0.2, 0.25) is 5.91 Å². The highest BCUT2D eigenvalue weighted by atomic mass is 16.2. The highest BCUT2D eigenvalue weighted by molar-refractivity contribution is 5.77. The van der Waals surface area contributed by atoms with Crippen LogP contribution in [0.5, 0.6) is 0 Å². The molecule has 1 aromatic carbocycles. The van der Waals surface area contributed by atoms with Crippen molar-refractivity contribution in [2.45, 2.75) is 51.2 Å². The quantitative estimate of drug-likeness (QED) is 0.927. The lowest BCUT2D eigenvalue weighted by Gasteiger charge is -2.40. The minimum absolute atomic E-state index is 0.230. The third-order valence-corrected chi connectivity index (χ3v) is 5.44. The van der Waals surface area contributed by atoms with Crippen LogP contribution in [0, 0.1) is 5.92 Å². The predicted octanol–water partition coefficient (Wildman–Crippen LogP) is 2.24. The predicted molar refractivity (Wildman–Crippen MR) is 92.8 cm³/mol. The summed E-state index contributed by atoms with van der Waals surface area (Å²) in [5.41, 5.74) is 7.46. The second-order valence-electron chi connectivity index (χ2n) is 7.22. The third-order valence-electron chi connectivity index (χ3n) is 5.44. The number of carbonyl (C=O) groups is 1. The SMILES string of the molecule is CC1CN(Cc2ccccc2)CCN1C(=O)C[C@@H]1CCC[C@H]1N. The minimum atomic E-state index is 0.230. The molecule has 1 unspecified atom stereocenters. The molecule has 1 aliphatic carbocycles. The van der Waals surface area contributed by atoms with E-state index in [9.17, 15) is 4.79 Å². The Balaban J connectivity index is 1.51. The van der Waals surface area contributed by atoms with Gasteiger partial charge in [0.1, 0.15) is 0 Å². The number of rotatable bonds is 4. The van der Waals surface area contributed by atoms with E-state index >= 15 is 0 Å². The van der Waals surface area contributed by atoms with Gasteiger partial charge in [-0.25, -0.2) is 0 Å². The molecule has 0 aromatic heterocycles. The molecule has 126 valence electrons. The average molecular weight is 315 g/mol. The van der Waals surface area contributed by atoms with E-state index in [4.69, 9.17) is 5.73 Å². The Morgan fingerprint density at radius 1 is 1.22 bits per heavy atom. The number of hydrogen-bond acceptors (Lipinski definition) is 3. The number of nitrogens with two attached hydrogens (primary N) is 1. The molecule has 0 bridgehead atoms. The highest BCUT2D eigenvalue weighted by Crippen LogP contribution is 2.28. The van der Waals surface area contributed by atoms with Gasteiger partial charge in [0.25, 0.3) is 0 Å². The Hall–Kier alpha value is -1.39. The van der Waals surface area contributed by atoms with Crippen LogP contribution in [0.4, 0.5) is 0 Å². The maximum absolute atomic E-state index is 12.6. The Kier molecular flexibility index (Phi) is 5.34. The standard InChI is InChI=1S/C19H29N3O/c1-15-13-21(14-16-6-3-2-4-7-16)10-11-22(15)19(23)12-17-8-5-9-18(17)20/h2-4,6-7,15,17-18H,5,8-14,20H2,1H3/t15?,17-,18+/m0/s1. The summed E-state index contributed by atoms with van der Waals surface area (Å²) in [6.45, 7) is 5.90. The van der Waals surface area contributed by atoms with Crippen molar-refractivity contribution >= 4 is 5.91 Å². The first kappa shape index (κ1) is 16.5. The van der Waals surface area contributed by atoms with Crippen molar-refractivity contribution in [1.29, 1.82) is 0 Å². The zero-order valence-corrected chi connectivity index (χ0v) is 14.2. The van der Waals surface area contributed by atoms with Crippen LogP contribution in [0.3, 0.4) is 0 Å². The Morgan fingerprint density at radius 2 is 2.00 bits per heavy atom. The molecule has 1 aromatic rings.